The molecule has 0 N–H and O–H groups in total. The van der Waals surface area contributed by atoms with Crippen LogP contribution >= 0.6 is 0 Å². The highest BCUT2D eigenvalue weighted by atomic mass is 19.4. The number of esters is 1. The first-order valence-corrected chi connectivity index (χ1v) is 14.4. The number of carbonyl (C=O) groups is 1. The Labute approximate surface area is 236 Å². The number of halogens is 7. The number of unbranched alkanes of at least 4 members (excludes halogenated alkanes) is 1. The number of alkyl halides is 3. The number of rotatable bonds is 8. The Hall–Kier alpha value is -2.84. The SMILES string of the molecule is CCCCC1CCC(C2CCC(C(=O)Oc3cc(F)c(-c4cc(F)c(/C=C/C(F)(F)F)c(F)c4)c(F)c3)CC2)CC1. The monoisotopic (exact) mass is 584 g/mol. The molecule has 4 rings (SSSR count). The fourth-order valence-corrected chi connectivity index (χ4v) is 6.42. The molecule has 9 heteroatoms. The van der Waals surface area contributed by atoms with Crippen LogP contribution in [-0.4, -0.2) is 12.1 Å². The lowest BCUT2D eigenvalue weighted by Crippen LogP contribution is -2.30. The highest BCUT2D eigenvalue weighted by molar-refractivity contribution is 5.76. The van der Waals surface area contributed by atoms with E-state index < -0.39 is 52.1 Å². The number of carbonyl (C=O) groups excluding carboxylic acids is 1. The van der Waals surface area contributed by atoms with Crippen molar-refractivity contribution in [1.82, 2.24) is 0 Å². The van der Waals surface area contributed by atoms with Gasteiger partial charge in [0.1, 0.15) is 29.0 Å². The van der Waals surface area contributed by atoms with E-state index in [1.54, 1.807) is 0 Å². The molecule has 0 spiro atoms. The molecule has 2 aliphatic carbocycles. The third kappa shape index (κ3) is 8.13. The van der Waals surface area contributed by atoms with E-state index in [-0.39, 0.29) is 23.8 Å². The molecule has 2 aliphatic rings. The van der Waals surface area contributed by atoms with E-state index >= 15 is 0 Å². The van der Waals surface area contributed by atoms with Crippen molar-refractivity contribution in [3.63, 3.8) is 0 Å². The zero-order valence-corrected chi connectivity index (χ0v) is 23.0. The largest absolute Gasteiger partial charge is 0.426 e. The van der Waals surface area contributed by atoms with Gasteiger partial charge in [0.25, 0.3) is 0 Å². The standard InChI is InChI=1S/C32H35F7O2/c1-2-3-4-19-5-7-20(8-6-19)21-9-11-22(12-10-21)31(40)41-24-17-28(35)30(29(36)18-24)23-15-26(33)25(27(34)16-23)13-14-32(37,38)39/h13-22H,2-12H2,1H3/b14-13+. The maximum Gasteiger partial charge on any atom is 0.409 e. The summed E-state index contributed by atoms with van der Waals surface area (Å²) >= 11 is 0. The van der Waals surface area contributed by atoms with Crippen LogP contribution in [0.3, 0.4) is 0 Å². The summed E-state index contributed by atoms with van der Waals surface area (Å²) < 4.78 is 101. The van der Waals surface area contributed by atoms with Crippen LogP contribution in [-0.2, 0) is 4.79 Å². The van der Waals surface area contributed by atoms with Crippen molar-refractivity contribution in [1.29, 1.82) is 0 Å². The smallest absolute Gasteiger partial charge is 0.409 e. The van der Waals surface area contributed by atoms with Gasteiger partial charge in [-0.1, -0.05) is 39.0 Å². The first kappa shape index (κ1) is 31.1. The van der Waals surface area contributed by atoms with Gasteiger partial charge >= 0.3 is 12.1 Å². The Kier molecular flexibility index (Phi) is 10.2. The van der Waals surface area contributed by atoms with Gasteiger partial charge in [0, 0.05) is 23.8 Å². The zero-order chi connectivity index (χ0) is 29.7. The number of hydrogen-bond acceptors (Lipinski definition) is 2. The topological polar surface area (TPSA) is 26.3 Å². The molecular formula is C32H35F7O2. The Morgan fingerprint density at radius 1 is 0.829 bits per heavy atom. The van der Waals surface area contributed by atoms with Gasteiger partial charge in [0.05, 0.1) is 11.5 Å². The summed E-state index contributed by atoms with van der Waals surface area (Å²) in [6.45, 7) is 2.22. The van der Waals surface area contributed by atoms with Crippen LogP contribution < -0.4 is 4.74 Å². The number of benzene rings is 2. The average Bonchev–Trinajstić information content (AvgIpc) is 2.91. The third-order valence-corrected chi connectivity index (χ3v) is 8.67. The fourth-order valence-electron chi connectivity index (χ4n) is 6.42. The van der Waals surface area contributed by atoms with E-state index in [2.05, 4.69) is 6.92 Å². The van der Waals surface area contributed by atoms with Gasteiger partial charge in [0.15, 0.2) is 0 Å². The molecule has 224 valence electrons. The zero-order valence-electron chi connectivity index (χ0n) is 23.0. The second-order valence-electron chi connectivity index (χ2n) is 11.4. The highest BCUT2D eigenvalue weighted by Crippen LogP contribution is 2.43. The maximum absolute atomic E-state index is 14.9. The molecule has 2 fully saturated rings. The van der Waals surface area contributed by atoms with Crippen LogP contribution in [0.5, 0.6) is 5.75 Å². The summed E-state index contributed by atoms with van der Waals surface area (Å²) in [7, 11) is 0. The van der Waals surface area contributed by atoms with Crippen LogP contribution in [0.25, 0.3) is 17.2 Å². The van der Waals surface area contributed by atoms with Crippen molar-refractivity contribution in [2.45, 2.75) is 83.7 Å². The Morgan fingerprint density at radius 2 is 1.37 bits per heavy atom. The first-order valence-electron chi connectivity index (χ1n) is 14.4. The Morgan fingerprint density at radius 3 is 1.88 bits per heavy atom. The van der Waals surface area contributed by atoms with Gasteiger partial charge < -0.3 is 4.74 Å². The maximum atomic E-state index is 14.9. The van der Waals surface area contributed by atoms with Crippen molar-refractivity contribution >= 4 is 12.0 Å². The molecule has 0 atom stereocenters. The summed E-state index contributed by atoms with van der Waals surface area (Å²) in [6.07, 6.45) is 7.04. The predicted molar refractivity (Wildman–Crippen MR) is 143 cm³/mol. The van der Waals surface area contributed by atoms with Crippen LogP contribution in [0.2, 0.25) is 0 Å². The lowest BCUT2D eigenvalue weighted by molar-refractivity contribution is -0.140. The Balaban J connectivity index is 1.36. The van der Waals surface area contributed by atoms with Crippen molar-refractivity contribution in [3.8, 4) is 16.9 Å². The van der Waals surface area contributed by atoms with Crippen molar-refractivity contribution < 1.29 is 40.3 Å². The molecule has 0 bridgehead atoms. The second kappa shape index (κ2) is 13.4. The van der Waals surface area contributed by atoms with Crippen molar-refractivity contribution in [2.24, 2.45) is 23.7 Å². The lowest BCUT2D eigenvalue weighted by Gasteiger charge is -2.37. The molecule has 2 aromatic carbocycles. The molecule has 0 aromatic heterocycles. The quantitative estimate of drug-likeness (QED) is 0.175. The molecule has 0 amide bonds. The van der Waals surface area contributed by atoms with E-state index in [1.165, 1.54) is 44.9 Å². The number of hydrogen-bond donors (Lipinski definition) is 0. The van der Waals surface area contributed by atoms with E-state index in [1.807, 2.05) is 0 Å². The number of allylic oxidation sites excluding steroid dienone is 1. The van der Waals surface area contributed by atoms with Gasteiger partial charge in [0.2, 0.25) is 0 Å². The minimum Gasteiger partial charge on any atom is -0.426 e. The molecule has 0 radical (unpaired) electrons. The van der Waals surface area contributed by atoms with Crippen LogP contribution in [0, 0.1) is 46.9 Å². The van der Waals surface area contributed by atoms with Crippen molar-refractivity contribution in [2.75, 3.05) is 0 Å². The second-order valence-corrected chi connectivity index (χ2v) is 11.4. The third-order valence-electron chi connectivity index (χ3n) is 8.67. The first-order chi connectivity index (χ1) is 19.4. The molecule has 2 nitrogen and oxygen atoms in total. The van der Waals surface area contributed by atoms with E-state index in [0.717, 1.165) is 30.9 Å². The van der Waals surface area contributed by atoms with E-state index in [0.29, 0.717) is 36.8 Å². The normalized spacial score (nSPS) is 23.6. The molecule has 2 saturated carbocycles. The van der Waals surface area contributed by atoms with E-state index in [4.69, 9.17) is 4.74 Å². The summed E-state index contributed by atoms with van der Waals surface area (Å²) in [5, 5.41) is 0. The molecule has 0 saturated heterocycles. The molecular weight excluding hydrogens is 549 g/mol. The molecule has 0 heterocycles. The van der Waals surface area contributed by atoms with Crippen molar-refractivity contribution in [3.05, 3.63) is 59.2 Å². The molecule has 2 aromatic rings. The minimum absolute atomic E-state index is 0.205. The van der Waals surface area contributed by atoms with Crippen LogP contribution in [0.4, 0.5) is 30.7 Å². The van der Waals surface area contributed by atoms with Gasteiger partial charge in [-0.05, 0) is 80.1 Å². The number of ether oxygens (including phenoxy) is 1. The molecule has 0 aliphatic heterocycles. The predicted octanol–water partition coefficient (Wildman–Crippen LogP) is 10.2. The summed E-state index contributed by atoms with van der Waals surface area (Å²) in [6, 6.07) is 2.60. The van der Waals surface area contributed by atoms with Gasteiger partial charge in [-0.3, -0.25) is 4.79 Å². The van der Waals surface area contributed by atoms with Crippen LogP contribution in [0.15, 0.2) is 30.3 Å². The van der Waals surface area contributed by atoms with Gasteiger partial charge in [-0.15, -0.1) is 0 Å². The van der Waals surface area contributed by atoms with Gasteiger partial charge in [-0.2, -0.15) is 13.2 Å². The summed E-state index contributed by atoms with van der Waals surface area (Å²) in [4.78, 5) is 12.8. The van der Waals surface area contributed by atoms with Gasteiger partial charge in [-0.25, -0.2) is 17.6 Å². The average molecular weight is 585 g/mol. The Bertz CT molecular complexity index is 1190. The van der Waals surface area contributed by atoms with Crippen LogP contribution in [0.1, 0.15) is 83.1 Å². The van der Waals surface area contributed by atoms with E-state index in [9.17, 15) is 35.5 Å². The lowest BCUT2D eigenvalue weighted by atomic mass is 9.68. The highest BCUT2D eigenvalue weighted by Gasteiger charge is 2.34. The fraction of sp³-hybridized carbons (Fsp3) is 0.531. The summed E-state index contributed by atoms with van der Waals surface area (Å²) in [5.41, 5.74) is -2.33. The molecule has 0 unspecified atom stereocenters. The molecule has 41 heavy (non-hydrogen) atoms. The minimum atomic E-state index is -4.80. The summed E-state index contributed by atoms with van der Waals surface area (Å²) in [5.74, 6) is -4.53.